The summed E-state index contributed by atoms with van der Waals surface area (Å²) in [6.45, 7) is 3.80. The average molecular weight is 333 g/mol. The van der Waals surface area contributed by atoms with Gasteiger partial charge in [0.25, 0.3) is 5.89 Å². The molecule has 0 bridgehead atoms. The Bertz CT molecular complexity index is 937. The van der Waals surface area contributed by atoms with E-state index in [9.17, 15) is 10.1 Å². The van der Waals surface area contributed by atoms with E-state index in [-0.39, 0.29) is 6.10 Å². The lowest BCUT2D eigenvalue weighted by atomic mass is 10.1. The zero-order valence-corrected chi connectivity index (χ0v) is 13.8. The molecule has 1 aromatic heterocycles. The van der Waals surface area contributed by atoms with Crippen LogP contribution in [0.3, 0.4) is 0 Å². The molecule has 0 radical (unpaired) electrons. The molecule has 0 fully saturated rings. The van der Waals surface area contributed by atoms with Gasteiger partial charge >= 0.3 is 0 Å². The van der Waals surface area contributed by atoms with Gasteiger partial charge in [-0.2, -0.15) is 10.2 Å². The van der Waals surface area contributed by atoms with Crippen molar-refractivity contribution in [3.8, 4) is 34.7 Å². The Kier molecular flexibility index (Phi) is 4.57. The lowest BCUT2D eigenvalue weighted by Crippen LogP contribution is -2.06. The van der Waals surface area contributed by atoms with E-state index < -0.39 is 0 Å². The van der Waals surface area contributed by atoms with E-state index in [1.165, 1.54) is 0 Å². The van der Waals surface area contributed by atoms with Crippen LogP contribution in [0.15, 0.2) is 47.0 Å². The number of ether oxygens (including phenoxy) is 1. The second-order valence-electron chi connectivity index (χ2n) is 5.65. The molecule has 0 aliphatic carbocycles. The van der Waals surface area contributed by atoms with Crippen molar-refractivity contribution in [3.63, 3.8) is 0 Å². The van der Waals surface area contributed by atoms with Crippen molar-refractivity contribution in [2.45, 2.75) is 20.0 Å². The van der Waals surface area contributed by atoms with Crippen molar-refractivity contribution in [1.82, 2.24) is 10.1 Å². The van der Waals surface area contributed by atoms with Crippen molar-refractivity contribution in [3.05, 3.63) is 53.6 Å². The second kappa shape index (κ2) is 6.97. The van der Waals surface area contributed by atoms with Crippen LogP contribution in [0.25, 0.3) is 22.8 Å². The third kappa shape index (κ3) is 3.56. The molecule has 0 saturated heterocycles. The molecule has 124 valence electrons. The summed E-state index contributed by atoms with van der Waals surface area (Å²) in [6, 6.07) is 14.1. The fourth-order valence-electron chi connectivity index (χ4n) is 2.28. The SMILES string of the molecule is CC(C)Oc1ccc(-c2noc(-c3ccc(C=O)cc3)n2)cc1C#N. The highest BCUT2D eigenvalue weighted by Crippen LogP contribution is 2.27. The lowest BCUT2D eigenvalue weighted by Gasteiger charge is -2.11. The number of carbonyl (C=O) groups is 1. The molecule has 0 N–H and O–H groups in total. The number of rotatable bonds is 5. The molecule has 3 rings (SSSR count). The minimum Gasteiger partial charge on any atom is -0.490 e. The fourth-order valence-corrected chi connectivity index (χ4v) is 2.28. The minimum absolute atomic E-state index is 0.0240. The molecule has 0 unspecified atom stereocenters. The van der Waals surface area contributed by atoms with Crippen LogP contribution in [0.5, 0.6) is 5.75 Å². The smallest absolute Gasteiger partial charge is 0.258 e. The molecule has 6 nitrogen and oxygen atoms in total. The number of aromatic nitrogens is 2. The van der Waals surface area contributed by atoms with Crippen LogP contribution in [0, 0.1) is 11.3 Å². The van der Waals surface area contributed by atoms with Gasteiger partial charge in [0.2, 0.25) is 5.82 Å². The van der Waals surface area contributed by atoms with Gasteiger partial charge in [0.1, 0.15) is 18.1 Å². The van der Waals surface area contributed by atoms with Crippen molar-refractivity contribution in [2.75, 3.05) is 0 Å². The zero-order chi connectivity index (χ0) is 17.8. The first-order valence-electron chi connectivity index (χ1n) is 7.71. The van der Waals surface area contributed by atoms with Gasteiger partial charge in [0.15, 0.2) is 0 Å². The van der Waals surface area contributed by atoms with E-state index in [1.54, 1.807) is 42.5 Å². The van der Waals surface area contributed by atoms with Crippen LogP contribution < -0.4 is 4.74 Å². The number of nitrogens with zero attached hydrogens (tertiary/aromatic N) is 3. The Morgan fingerprint density at radius 2 is 1.88 bits per heavy atom. The molecule has 2 aromatic carbocycles. The third-order valence-electron chi connectivity index (χ3n) is 3.44. The first-order chi connectivity index (χ1) is 12.1. The van der Waals surface area contributed by atoms with Gasteiger partial charge in [-0.25, -0.2) is 0 Å². The van der Waals surface area contributed by atoms with Crippen LogP contribution in [0.1, 0.15) is 29.8 Å². The van der Waals surface area contributed by atoms with Gasteiger partial charge in [0.05, 0.1) is 11.7 Å². The summed E-state index contributed by atoms with van der Waals surface area (Å²) < 4.78 is 10.9. The summed E-state index contributed by atoms with van der Waals surface area (Å²) in [6.07, 6.45) is 0.747. The minimum atomic E-state index is -0.0240. The molecule has 0 atom stereocenters. The van der Waals surface area contributed by atoms with Crippen LogP contribution in [-0.2, 0) is 0 Å². The standard InChI is InChI=1S/C19H15N3O3/c1-12(2)24-17-8-7-15(9-16(17)10-20)18-21-19(25-22-18)14-5-3-13(11-23)4-6-14/h3-9,11-12H,1-2H3. The number of aldehydes is 1. The van der Waals surface area contributed by atoms with Gasteiger partial charge < -0.3 is 9.26 Å². The van der Waals surface area contributed by atoms with E-state index in [0.717, 1.165) is 6.29 Å². The Balaban J connectivity index is 1.91. The predicted octanol–water partition coefficient (Wildman–Crippen LogP) is 3.87. The number of nitriles is 1. The summed E-state index contributed by atoms with van der Waals surface area (Å²) >= 11 is 0. The monoisotopic (exact) mass is 333 g/mol. The lowest BCUT2D eigenvalue weighted by molar-refractivity contribution is 0.112. The maximum Gasteiger partial charge on any atom is 0.258 e. The van der Waals surface area contributed by atoms with Crippen LogP contribution in [-0.4, -0.2) is 22.5 Å². The summed E-state index contributed by atoms with van der Waals surface area (Å²) in [7, 11) is 0. The second-order valence-corrected chi connectivity index (χ2v) is 5.65. The third-order valence-corrected chi connectivity index (χ3v) is 3.44. The summed E-state index contributed by atoms with van der Waals surface area (Å²) in [4.78, 5) is 15.1. The van der Waals surface area contributed by atoms with E-state index in [4.69, 9.17) is 9.26 Å². The highest BCUT2D eigenvalue weighted by molar-refractivity contribution is 5.76. The molecule has 0 amide bonds. The first kappa shape index (κ1) is 16.4. The summed E-state index contributed by atoms with van der Waals surface area (Å²) in [5.41, 5.74) is 2.35. The van der Waals surface area contributed by atoms with Crippen molar-refractivity contribution >= 4 is 6.29 Å². The molecular weight excluding hydrogens is 318 g/mol. The predicted molar refractivity (Wildman–Crippen MR) is 91.0 cm³/mol. The highest BCUT2D eigenvalue weighted by atomic mass is 16.5. The highest BCUT2D eigenvalue weighted by Gasteiger charge is 2.13. The number of benzene rings is 2. The molecule has 1 heterocycles. The number of hydrogen-bond acceptors (Lipinski definition) is 6. The van der Waals surface area contributed by atoms with Gasteiger partial charge in [-0.15, -0.1) is 0 Å². The molecule has 0 aliphatic rings. The average Bonchev–Trinajstić information content (AvgIpc) is 3.12. The molecule has 0 aliphatic heterocycles. The number of carbonyl (C=O) groups excluding carboxylic acids is 1. The van der Waals surface area contributed by atoms with Crippen LogP contribution in [0.4, 0.5) is 0 Å². The van der Waals surface area contributed by atoms with E-state index in [0.29, 0.717) is 39.7 Å². The first-order valence-corrected chi connectivity index (χ1v) is 7.71. The molecular formula is C19H15N3O3. The Labute approximate surface area is 144 Å². The van der Waals surface area contributed by atoms with E-state index >= 15 is 0 Å². The van der Waals surface area contributed by atoms with Crippen LogP contribution in [0.2, 0.25) is 0 Å². The molecule has 25 heavy (non-hydrogen) atoms. The molecule has 6 heteroatoms. The number of hydrogen-bond donors (Lipinski definition) is 0. The fraction of sp³-hybridized carbons (Fsp3) is 0.158. The maximum atomic E-state index is 10.7. The quantitative estimate of drug-likeness (QED) is 0.658. The van der Waals surface area contributed by atoms with Gasteiger partial charge in [-0.05, 0) is 44.2 Å². The van der Waals surface area contributed by atoms with E-state index in [1.807, 2.05) is 13.8 Å². The summed E-state index contributed by atoms with van der Waals surface area (Å²) in [5, 5.41) is 13.3. The Hall–Kier alpha value is -3.46. The van der Waals surface area contributed by atoms with Gasteiger partial charge in [0, 0.05) is 16.7 Å². The van der Waals surface area contributed by atoms with Gasteiger partial charge in [-0.1, -0.05) is 17.3 Å². The van der Waals surface area contributed by atoms with Crippen LogP contribution >= 0.6 is 0 Å². The largest absolute Gasteiger partial charge is 0.490 e. The zero-order valence-electron chi connectivity index (χ0n) is 13.8. The normalized spacial score (nSPS) is 10.5. The molecule has 3 aromatic rings. The van der Waals surface area contributed by atoms with Crippen molar-refractivity contribution < 1.29 is 14.1 Å². The van der Waals surface area contributed by atoms with Crippen molar-refractivity contribution in [1.29, 1.82) is 5.26 Å². The molecule has 0 saturated carbocycles. The van der Waals surface area contributed by atoms with E-state index in [2.05, 4.69) is 16.2 Å². The Morgan fingerprint density at radius 1 is 1.16 bits per heavy atom. The van der Waals surface area contributed by atoms with Crippen molar-refractivity contribution in [2.24, 2.45) is 0 Å². The Morgan fingerprint density at radius 3 is 2.52 bits per heavy atom. The summed E-state index contributed by atoms with van der Waals surface area (Å²) in [5.74, 6) is 1.24. The topological polar surface area (TPSA) is 89.0 Å². The maximum absolute atomic E-state index is 10.7. The van der Waals surface area contributed by atoms with Gasteiger partial charge in [-0.3, -0.25) is 4.79 Å². The molecule has 0 spiro atoms.